The Hall–Kier alpha value is -0.610. The molecule has 0 aliphatic heterocycles. The van der Waals surface area contributed by atoms with Crippen molar-refractivity contribution in [2.75, 3.05) is 33.3 Å². The van der Waals surface area contributed by atoms with Gasteiger partial charge in [-0.1, -0.05) is 13.8 Å². The van der Waals surface area contributed by atoms with Crippen LogP contribution in [0.1, 0.15) is 33.6 Å². The number of carbonyl (C=O) groups is 1. The molecule has 0 aliphatic carbocycles. The molecule has 16 heavy (non-hydrogen) atoms. The van der Waals surface area contributed by atoms with Gasteiger partial charge < -0.3 is 10.5 Å². The van der Waals surface area contributed by atoms with Gasteiger partial charge in [-0.3, -0.25) is 9.69 Å². The zero-order valence-corrected chi connectivity index (χ0v) is 11.1. The van der Waals surface area contributed by atoms with Gasteiger partial charge in [-0.15, -0.1) is 0 Å². The van der Waals surface area contributed by atoms with Gasteiger partial charge in [0.1, 0.15) is 0 Å². The van der Waals surface area contributed by atoms with Crippen LogP contribution in [0, 0.1) is 5.41 Å². The molecule has 0 aromatic heterocycles. The monoisotopic (exact) mass is 230 g/mol. The summed E-state index contributed by atoms with van der Waals surface area (Å²) in [5.41, 5.74) is 5.85. The third-order valence-electron chi connectivity index (χ3n) is 2.65. The molecule has 0 aliphatic rings. The van der Waals surface area contributed by atoms with Crippen molar-refractivity contribution in [2.24, 2.45) is 11.1 Å². The number of hydrogen-bond donors (Lipinski definition) is 1. The number of likely N-dealkylation sites (N-methyl/N-ethyl adjacent to an activating group) is 1. The second kappa shape index (κ2) is 7.63. The van der Waals surface area contributed by atoms with Crippen LogP contribution in [0.2, 0.25) is 0 Å². The Morgan fingerprint density at radius 1 is 1.44 bits per heavy atom. The summed E-state index contributed by atoms with van der Waals surface area (Å²) >= 11 is 0. The highest BCUT2D eigenvalue weighted by molar-refractivity contribution is 5.71. The van der Waals surface area contributed by atoms with Crippen molar-refractivity contribution in [3.05, 3.63) is 0 Å². The minimum absolute atomic E-state index is 0.150. The largest absolute Gasteiger partial charge is 0.465 e. The molecule has 96 valence electrons. The summed E-state index contributed by atoms with van der Waals surface area (Å²) in [6, 6.07) is 0. The zero-order valence-electron chi connectivity index (χ0n) is 11.1. The van der Waals surface area contributed by atoms with Crippen molar-refractivity contribution >= 4 is 5.97 Å². The van der Waals surface area contributed by atoms with Gasteiger partial charge in [-0.2, -0.15) is 0 Å². The first-order chi connectivity index (χ1) is 7.41. The molecule has 0 aromatic carbocycles. The zero-order chi connectivity index (χ0) is 12.6. The molecule has 0 spiro atoms. The molecule has 0 atom stereocenters. The maximum absolute atomic E-state index is 11.2. The van der Waals surface area contributed by atoms with Crippen LogP contribution in [0.25, 0.3) is 0 Å². The number of rotatable bonds is 8. The first-order valence-corrected chi connectivity index (χ1v) is 5.95. The van der Waals surface area contributed by atoms with Gasteiger partial charge in [0.05, 0.1) is 13.2 Å². The molecule has 0 heterocycles. The Balaban J connectivity index is 3.65. The maximum atomic E-state index is 11.2. The van der Waals surface area contributed by atoms with Gasteiger partial charge >= 0.3 is 5.97 Å². The molecule has 0 saturated heterocycles. The molecular weight excluding hydrogens is 204 g/mol. The lowest BCUT2D eigenvalue weighted by atomic mass is 9.88. The predicted molar refractivity (Wildman–Crippen MR) is 66.2 cm³/mol. The first-order valence-electron chi connectivity index (χ1n) is 5.95. The Bertz CT molecular complexity index is 205. The van der Waals surface area contributed by atoms with E-state index in [1.54, 1.807) is 0 Å². The van der Waals surface area contributed by atoms with Gasteiger partial charge in [0, 0.05) is 0 Å². The topological polar surface area (TPSA) is 55.6 Å². The molecule has 0 fully saturated rings. The number of hydrogen-bond acceptors (Lipinski definition) is 4. The van der Waals surface area contributed by atoms with E-state index in [0.29, 0.717) is 19.7 Å². The molecule has 4 nitrogen and oxygen atoms in total. The molecule has 0 rings (SSSR count). The second-order valence-electron chi connectivity index (χ2n) is 5.01. The fourth-order valence-corrected chi connectivity index (χ4v) is 1.44. The van der Waals surface area contributed by atoms with Crippen molar-refractivity contribution in [1.82, 2.24) is 4.90 Å². The van der Waals surface area contributed by atoms with Crippen LogP contribution < -0.4 is 5.73 Å². The van der Waals surface area contributed by atoms with Crippen molar-refractivity contribution in [1.29, 1.82) is 0 Å². The summed E-state index contributed by atoms with van der Waals surface area (Å²) in [6.45, 7) is 8.58. The summed E-state index contributed by atoms with van der Waals surface area (Å²) in [5, 5.41) is 0. The van der Waals surface area contributed by atoms with Crippen molar-refractivity contribution in [3.8, 4) is 0 Å². The number of nitrogens with zero attached hydrogens (tertiary/aromatic N) is 1. The van der Waals surface area contributed by atoms with E-state index in [9.17, 15) is 4.79 Å². The Labute approximate surface area is 99.1 Å². The summed E-state index contributed by atoms with van der Waals surface area (Å²) in [6.07, 6.45) is 2.14. The summed E-state index contributed by atoms with van der Waals surface area (Å²) < 4.78 is 4.88. The number of carbonyl (C=O) groups excluding carboxylic acids is 1. The third kappa shape index (κ3) is 7.65. The van der Waals surface area contributed by atoms with Gasteiger partial charge in [-0.05, 0) is 45.3 Å². The first kappa shape index (κ1) is 15.4. The van der Waals surface area contributed by atoms with Crippen LogP contribution in [0.15, 0.2) is 0 Å². The van der Waals surface area contributed by atoms with E-state index >= 15 is 0 Å². The smallest absolute Gasteiger partial charge is 0.320 e. The number of esters is 1. The van der Waals surface area contributed by atoms with Crippen molar-refractivity contribution < 1.29 is 9.53 Å². The Morgan fingerprint density at radius 2 is 2.06 bits per heavy atom. The Kier molecular flexibility index (Phi) is 7.34. The molecular formula is C12H26N2O2. The standard InChI is InChI=1S/C12H26N2O2/c1-5-16-11(15)9-14(4)8-6-7-12(2,3)10-13/h5-10,13H2,1-4H3. The predicted octanol–water partition coefficient (Wildman–Crippen LogP) is 1.25. The molecule has 0 bridgehead atoms. The van der Waals surface area contributed by atoms with E-state index < -0.39 is 0 Å². The molecule has 0 radical (unpaired) electrons. The minimum atomic E-state index is -0.150. The van der Waals surface area contributed by atoms with E-state index in [-0.39, 0.29) is 11.4 Å². The average molecular weight is 230 g/mol. The van der Waals surface area contributed by atoms with E-state index in [1.165, 1.54) is 0 Å². The maximum Gasteiger partial charge on any atom is 0.320 e. The molecule has 4 heteroatoms. The van der Waals surface area contributed by atoms with Crippen molar-refractivity contribution in [3.63, 3.8) is 0 Å². The minimum Gasteiger partial charge on any atom is -0.465 e. The van der Waals surface area contributed by atoms with Gasteiger partial charge in [0.25, 0.3) is 0 Å². The molecule has 0 saturated carbocycles. The normalized spacial score (nSPS) is 11.9. The quantitative estimate of drug-likeness (QED) is 0.638. The number of ether oxygens (including phenoxy) is 1. The molecule has 0 amide bonds. The summed E-state index contributed by atoms with van der Waals surface area (Å²) in [5.74, 6) is -0.150. The van der Waals surface area contributed by atoms with Crippen LogP contribution in [-0.2, 0) is 9.53 Å². The molecule has 0 unspecified atom stereocenters. The second-order valence-corrected chi connectivity index (χ2v) is 5.01. The van der Waals surface area contributed by atoms with Gasteiger partial charge in [0.2, 0.25) is 0 Å². The fourth-order valence-electron chi connectivity index (χ4n) is 1.44. The lowest BCUT2D eigenvalue weighted by Gasteiger charge is -2.23. The molecule has 0 aromatic rings. The third-order valence-corrected chi connectivity index (χ3v) is 2.65. The number of nitrogens with two attached hydrogens (primary N) is 1. The van der Waals surface area contributed by atoms with E-state index in [1.807, 2.05) is 18.9 Å². The lowest BCUT2D eigenvalue weighted by Crippen LogP contribution is -2.30. The highest BCUT2D eigenvalue weighted by Gasteiger charge is 2.15. The van der Waals surface area contributed by atoms with Crippen LogP contribution in [-0.4, -0.2) is 44.2 Å². The SMILES string of the molecule is CCOC(=O)CN(C)CCCC(C)(C)CN. The highest BCUT2D eigenvalue weighted by Crippen LogP contribution is 2.19. The van der Waals surface area contributed by atoms with Gasteiger partial charge in [-0.25, -0.2) is 0 Å². The van der Waals surface area contributed by atoms with Crippen LogP contribution in [0.3, 0.4) is 0 Å². The summed E-state index contributed by atoms with van der Waals surface area (Å²) in [7, 11) is 1.94. The van der Waals surface area contributed by atoms with E-state index in [2.05, 4.69) is 13.8 Å². The van der Waals surface area contributed by atoms with Crippen LogP contribution in [0.4, 0.5) is 0 Å². The fraction of sp³-hybridized carbons (Fsp3) is 0.917. The van der Waals surface area contributed by atoms with Crippen LogP contribution in [0.5, 0.6) is 0 Å². The van der Waals surface area contributed by atoms with Gasteiger partial charge in [0.15, 0.2) is 0 Å². The average Bonchev–Trinajstić information content (AvgIpc) is 2.17. The summed E-state index contributed by atoms with van der Waals surface area (Å²) in [4.78, 5) is 13.2. The van der Waals surface area contributed by atoms with E-state index in [0.717, 1.165) is 19.4 Å². The van der Waals surface area contributed by atoms with Crippen molar-refractivity contribution in [2.45, 2.75) is 33.6 Å². The Morgan fingerprint density at radius 3 is 2.56 bits per heavy atom. The van der Waals surface area contributed by atoms with Crippen LogP contribution >= 0.6 is 0 Å². The highest BCUT2D eigenvalue weighted by atomic mass is 16.5. The molecule has 2 N–H and O–H groups in total. The van der Waals surface area contributed by atoms with E-state index in [4.69, 9.17) is 10.5 Å². The lowest BCUT2D eigenvalue weighted by molar-refractivity contribution is -0.144.